The number of methoxy groups -OCH3 is 1. The minimum absolute atomic E-state index is 0.0549. The number of hydrogen-bond acceptors (Lipinski definition) is 5. The van der Waals surface area contributed by atoms with E-state index in [1.807, 2.05) is 0 Å². The van der Waals surface area contributed by atoms with Gasteiger partial charge < -0.3 is 14.8 Å². The standard InChI is InChI=1S/C15H18F3NO5S/c1-23-5-6-24-13-3-2-11(15(16,17)18)8-12(13)19-14(20)10-4-7-25(21,22)9-10/h2-3,8,10H,4-7,9H2,1H3,(H,19,20)/t10-/m1/s1. The molecular weight excluding hydrogens is 363 g/mol. The molecule has 1 aromatic carbocycles. The fraction of sp³-hybridized carbons (Fsp3) is 0.533. The molecule has 1 atom stereocenters. The summed E-state index contributed by atoms with van der Waals surface area (Å²) >= 11 is 0. The number of anilines is 1. The predicted molar refractivity (Wildman–Crippen MR) is 84.2 cm³/mol. The molecule has 0 saturated carbocycles. The van der Waals surface area contributed by atoms with E-state index >= 15 is 0 Å². The summed E-state index contributed by atoms with van der Waals surface area (Å²) in [6.45, 7) is 0.303. The van der Waals surface area contributed by atoms with Crippen LogP contribution < -0.4 is 10.1 Å². The van der Waals surface area contributed by atoms with E-state index in [9.17, 15) is 26.4 Å². The van der Waals surface area contributed by atoms with E-state index in [1.54, 1.807) is 0 Å². The Labute approximate surface area is 143 Å². The highest BCUT2D eigenvalue weighted by Gasteiger charge is 2.34. The number of sulfone groups is 1. The quantitative estimate of drug-likeness (QED) is 0.764. The van der Waals surface area contributed by atoms with E-state index in [1.165, 1.54) is 7.11 Å². The lowest BCUT2D eigenvalue weighted by molar-refractivity contribution is -0.137. The molecule has 0 spiro atoms. The molecule has 0 bridgehead atoms. The van der Waals surface area contributed by atoms with Gasteiger partial charge in [0.25, 0.3) is 0 Å². The number of alkyl halides is 3. The van der Waals surface area contributed by atoms with Gasteiger partial charge in [0.05, 0.1) is 35.3 Å². The summed E-state index contributed by atoms with van der Waals surface area (Å²) in [5.74, 6) is -1.79. The minimum atomic E-state index is -4.58. The van der Waals surface area contributed by atoms with Gasteiger partial charge in [0.2, 0.25) is 5.91 Å². The Bertz CT molecular complexity index is 733. The van der Waals surface area contributed by atoms with E-state index in [2.05, 4.69) is 5.32 Å². The van der Waals surface area contributed by atoms with E-state index in [4.69, 9.17) is 9.47 Å². The van der Waals surface area contributed by atoms with Crippen LogP contribution in [0.1, 0.15) is 12.0 Å². The van der Waals surface area contributed by atoms with Gasteiger partial charge in [-0.05, 0) is 24.6 Å². The number of ether oxygens (including phenoxy) is 2. The highest BCUT2D eigenvalue weighted by atomic mass is 32.2. The molecule has 1 saturated heterocycles. The third-order valence-electron chi connectivity index (χ3n) is 3.71. The zero-order valence-corrected chi connectivity index (χ0v) is 14.2. The molecule has 25 heavy (non-hydrogen) atoms. The first-order valence-corrected chi connectivity index (χ1v) is 9.29. The molecule has 1 aliphatic rings. The first-order chi connectivity index (χ1) is 11.6. The fourth-order valence-electron chi connectivity index (χ4n) is 2.40. The predicted octanol–water partition coefficient (Wildman–Crippen LogP) is 2.10. The van der Waals surface area contributed by atoms with Crippen LogP contribution in [-0.2, 0) is 25.5 Å². The molecule has 0 radical (unpaired) electrons. The Morgan fingerprint density at radius 2 is 2.04 bits per heavy atom. The molecule has 1 amide bonds. The van der Waals surface area contributed by atoms with Crippen molar-refractivity contribution in [3.63, 3.8) is 0 Å². The van der Waals surface area contributed by atoms with Gasteiger partial charge in [0, 0.05) is 7.11 Å². The van der Waals surface area contributed by atoms with Crippen molar-refractivity contribution in [1.82, 2.24) is 0 Å². The lowest BCUT2D eigenvalue weighted by Gasteiger charge is -2.16. The number of rotatable bonds is 6. The normalized spacial score (nSPS) is 19.6. The van der Waals surface area contributed by atoms with Crippen molar-refractivity contribution in [3.8, 4) is 5.75 Å². The molecule has 1 N–H and O–H groups in total. The van der Waals surface area contributed by atoms with Crippen molar-refractivity contribution in [2.45, 2.75) is 12.6 Å². The van der Waals surface area contributed by atoms with Gasteiger partial charge in [-0.2, -0.15) is 13.2 Å². The average Bonchev–Trinajstić information content (AvgIpc) is 2.88. The molecule has 1 aliphatic heterocycles. The van der Waals surface area contributed by atoms with Gasteiger partial charge in [-0.25, -0.2) is 8.42 Å². The van der Waals surface area contributed by atoms with Crippen molar-refractivity contribution < 1.29 is 35.9 Å². The van der Waals surface area contributed by atoms with Crippen molar-refractivity contribution >= 4 is 21.4 Å². The summed E-state index contributed by atoms with van der Waals surface area (Å²) in [4.78, 5) is 12.2. The van der Waals surface area contributed by atoms with Crippen LogP contribution in [0.2, 0.25) is 0 Å². The minimum Gasteiger partial charge on any atom is -0.489 e. The second-order valence-electron chi connectivity index (χ2n) is 5.64. The number of nitrogens with one attached hydrogen (secondary N) is 1. The van der Waals surface area contributed by atoms with Crippen LogP contribution >= 0.6 is 0 Å². The van der Waals surface area contributed by atoms with Crippen LogP contribution in [0.3, 0.4) is 0 Å². The first kappa shape index (κ1) is 19.5. The van der Waals surface area contributed by atoms with Crippen LogP contribution in [0.15, 0.2) is 18.2 Å². The van der Waals surface area contributed by atoms with Gasteiger partial charge in [0.15, 0.2) is 9.84 Å². The maximum Gasteiger partial charge on any atom is 0.416 e. The average molecular weight is 381 g/mol. The Hall–Kier alpha value is -1.81. The molecular formula is C15H18F3NO5S. The second kappa shape index (κ2) is 7.61. The molecule has 1 aromatic rings. The van der Waals surface area contributed by atoms with Crippen molar-refractivity contribution in [2.24, 2.45) is 5.92 Å². The molecule has 0 aromatic heterocycles. The van der Waals surface area contributed by atoms with Crippen LogP contribution in [0.5, 0.6) is 5.75 Å². The number of halogens is 3. The first-order valence-electron chi connectivity index (χ1n) is 7.46. The van der Waals surface area contributed by atoms with Crippen LogP contribution in [0, 0.1) is 5.92 Å². The molecule has 0 unspecified atom stereocenters. The Kier molecular flexibility index (Phi) is 5.94. The molecule has 6 nitrogen and oxygen atoms in total. The SMILES string of the molecule is COCCOc1ccc(C(F)(F)F)cc1NC(=O)[C@@H]1CCS(=O)(=O)C1. The Balaban J connectivity index is 2.21. The Morgan fingerprint density at radius 3 is 2.60 bits per heavy atom. The topological polar surface area (TPSA) is 81.7 Å². The molecule has 140 valence electrons. The van der Waals surface area contributed by atoms with Crippen molar-refractivity contribution in [3.05, 3.63) is 23.8 Å². The van der Waals surface area contributed by atoms with Gasteiger partial charge in [-0.3, -0.25) is 4.79 Å². The molecule has 1 fully saturated rings. The van der Waals surface area contributed by atoms with Gasteiger partial charge in [-0.15, -0.1) is 0 Å². The third-order valence-corrected chi connectivity index (χ3v) is 5.48. The summed E-state index contributed by atoms with van der Waals surface area (Å²) in [5.41, 5.74) is -1.10. The van der Waals surface area contributed by atoms with Crippen LogP contribution in [0.4, 0.5) is 18.9 Å². The molecule has 1 heterocycles. The summed E-state index contributed by atoms with van der Waals surface area (Å²) in [7, 11) is -1.84. The molecule has 0 aliphatic carbocycles. The van der Waals surface area contributed by atoms with E-state index in [0.29, 0.717) is 0 Å². The van der Waals surface area contributed by atoms with E-state index < -0.39 is 33.4 Å². The smallest absolute Gasteiger partial charge is 0.416 e. The monoisotopic (exact) mass is 381 g/mol. The van der Waals surface area contributed by atoms with Crippen LogP contribution in [0.25, 0.3) is 0 Å². The lowest BCUT2D eigenvalue weighted by atomic mass is 10.1. The molecule has 2 rings (SSSR count). The lowest BCUT2D eigenvalue weighted by Crippen LogP contribution is -2.24. The number of carbonyl (C=O) groups excluding carboxylic acids is 1. The Morgan fingerprint density at radius 1 is 1.32 bits per heavy atom. The van der Waals surface area contributed by atoms with Crippen molar-refractivity contribution in [2.75, 3.05) is 37.1 Å². The zero-order valence-electron chi connectivity index (χ0n) is 13.4. The van der Waals surface area contributed by atoms with Gasteiger partial charge in [0.1, 0.15) is 12.4 Å². The number of carbonyl (C=O) groups is 1. The summed E-state index contributed by atoms with van der Waals surface area (Å²) in [6, 6.07) is 2.72. The maximum atomic E-state index is 12.9. The van der Waals surface area contributed by atoms with E-state index in [-0.39, 0.29) is 42.6 Å². The largest absolute Gasteiger partial charge is 0.489 e. The number of amides is 1. The highest BCUT2D eigenvalue weighted by molar-refractivity contribution is 7.91. The third kappa shape index (κ3) is 5.33. The maximum absolute atomic E-state index is 12.9. The van der Waals surface area contributed by atoms with Crippen molar-refractivity contribution in [1.29, 1.82) is 0 Å². The van der Waals surface area contributed by atoms with Gasteiger partial charge in [-0.1, -0.05) is 0 Å². The summed E-state index contributed by atoms with van der Waals surface area (Å²) in [5, 5.41) is 2.36. The molecule has 10 heteroatoms. The second-order valence-corrected chi connectivity index (χ2v) is 7.87. The highest BCUT2D eigenvalue weighted by Crippen LogP contribution is 2.35. The number of benzene rings is 1. The van der Waals surface area contributed by atoms with Crippen LogP contribution in [-0.4, -0.2) is 46.2 Å². The fourth-order valence-corrected chi connectivity index (χ4v) is 4.14. The summed E-state index contributed by atoms with van der Waals surface area (Å²) < 4.78 is 71.7. The van der Waals surface area contributed by atoms with Gasteiger partial charge >= 0.3 is 6.18 Å². The number of hydrogen-bond donors (Lipinski definition) is 1. The van der Waals surface area contributed by atoms with E-state index in [0.717, 1.165) is 18.2 Å². The zero-order chi connectivity index (χ0) is 18.7. The summed E-state index contributed by atoms with van der Waals surface area (Å²) in [6.07, 6.45) is -4.44.